The number of benzene rings is 1. The second kappa shape index (κ2) is 8.78. The number of amides is 1. The lowest BCUT2D eigenvalue weighted by Gasteiger charge is -2.14. The third-order valence-corrected chi connectivity index (χ3v) is 6.40. The molecule has 0 unspecified atom stereocenters. The van der Waals surface area contributed by atoms with Crippen LogP contribution in [0.25, 0.3) is 10.6 Å². The van der Waals surface area contributed by atoms with Gasteiger partial charge in [0.05, 0.1) is 12.1 Å². The van der Waals surface area contributed by atoms with E-state index in [9.17, 15) is 4.79 Å². The van der Waals surface area contributed by atoms with Gasteiger partial charge in [-0.2, -0.15) is 11.3 Å². The zero-order chi connectivity index (χ0) is 18.5. The first-order chi connectivity index (χ1) is 13.3. The third kappa shape index (κ3) is 5.03. The predicted molar refractivity (Wildman–Crippen MR) is 112 cm³/mol. The molecule has 1 aliphatic heterocycles. The fourth-order valence-electron chi connectivity index (χ4n) is 3.30. The summed E-state index contributed by atoms with van der Waals surface area (Å²) in [7, 11) is 0. The molecule has 1 aliphatic rings. The molecule has 1 amide bonds. The molecule has 0 bridgehead atoms. The molecule has 0 atom stereocenters. The van der Waals surface area contributed by atoms with Gasteiger partial charge in [0.15, 0.2) is 0 Å². The van der Waals surface area contributed by atoms with Crippen molar-refractivity contribution in [2.24, 2.45) is 0 Å². The number of rotatable bonds is 7. The predicted octanol–water partition coefficient (Wildman–Crippen LogP) is 4.33. The van der Waals surface area contributed by atoms with Crippen molar-refractivity contribution in [2.45, 2.75) is 32.4 Å². The fraction of sp³-hybridized carbons (Fsp3) is 0.333. The van der Waals surface area contributed by atoms with Gasteiger partial charge in [0.2, 0.25) is 5.91 Å². The standard InChI is InChI=1S/C21H23N3OS2/c25-20(11-19-15-27-21(23-19)18-7-10-26-14-18)22-12-16-3-5-17(6-4-16)13-24-8-1-2-9-24/h3-7,10,14-15H,1-2,8-9,11-13H2,(H,22,25). The molecule has 27 heavy (non-hydrogen) atoms. The number of nitrogens with one attached hydrogen (secondary N) is 1. The Morgan fingerprint density at radius 2 is 1.85 bits per heavy atom. The minimum Gasteiger partial charge on any atom is -0.352 e. The SMILES string of the molecule is O=C(Cc1csc(-c2ccsc2)n1)NCc1ccc(CN2CCCC2)cc1. The number of carbonyl (C=O) groups excluding carboxylic acids is 1. The molecule has 1 saturated heterocycles. The van der Waals surface area contributed by atoms with Crippen molar-refractivity contribution in [3.8, 4) is 10.6 Å². The lowest BCUT2D eigenvalue weighted by molar-refractivity contribution is -0.120. The van der Waals surface area contributed by atoms with E-state index in [0.717, 1.165) is 28.4 Å². The number of aromatic nitrogens is 1. The van der Waals surface area contributed by atoms with E-state index >= 15 is 0 Å². The smallest absolute Gasteiger partial charge is 0.226 e. The van der Waals surface area contributed by atoms with Crippen molar-refractivity contribution >= 4 is 28.6 Å². The van der Waals surface area contributed by atoms with Gasteiger partial charge in [-0.05, 0) is 48.5 Å². The van der Waals surface area contributed by atoms with Crippen LogP contribution in [0.5, 0.6) is 0 Å². The molecule has 1 aromatic carbocycles. The summed E-state index contributed by atoms with van der Waals surface area (Å²) < 4.78 is 0. The quantitative estimate of drug-likeness (QED) is 0.646. The first kappa shape index (κ1) is 18.3. The summed E-state index contributed by atoms with van der Waals surface area (Å²) in [4.78, 5) is 19.3. The highest BCUT2D eigenvalue weighted by atomic mass is 32.1. The molecule has 4 nitrogen and oxygen atoms in total. The van der Waals surface area contributed by atoms with E-state index in [0.29, 0.717) is 13.0 Å². The Kier molecular flexibility index (Phi) is 5.97. The van der Waals surface area contributed by atoms with Gasteiger partial charge in [-0.1, -0.05) is 24.3 Å². The Morgan fingerprint density at radius 1 is 1.07 bits per heavy atom. The van der Waals surface area contributed by atoms with Gasteiger partial charge in [0.25, 0.3) is 0 Å². The summed E-state index contributed by atoms with van der Waals surface area (Å²) in [6.45, 7) is 4.01. The zero-order valence-corrected chi connectivity index (χ0v) is 16.8. The van der Waals surface area contributed by atoms with Crippen LogP contribution in [-0.2, 0) is 24.3 Å². The number of hydrogen-bond donors (Lipinski definition) is 1. The molecule has 4 rings (SSSR count). The number of likely N-dealkylation sites (tertiary alicyclic amines) is 1. The van der Waals surface area contributed by atoms with Crippen LogP contribution in [0.1, 0.15) is 29.7 Å². The van der Waals surface area contributed by atoms with Crippen molar-refractivity contribution in [1.82, 2.24) is 15.2 Å². The van der Waals surface area contributed by atoms with Crippen LogP contribution in [0, 0.1) is 0 Å². The van der Waals surface area contributed by atoms with Crippen LogP contribution in [0.4, 0.5) is 0 Å². The number of carbonyl (C=O) groups is 1. The Balaban J connectivity index is 1.25. The van der Waals surface area contributed by atoms with E-state index in [1.807, 2.05) is 10.8 Å². The van der Waals surface area contributed by atoms with Crippen molar-refractivity contribution in [1.29, 1.82) is 0 Å². The molecule has 0 spiro atoms. The van der Waals surface area contributed by atoms with E-state index in [-0.39, 0.29) is 5.91 Å². The Hall–Kier alpha value is -2.02. The topological polar surface area (TPSA) is 45.2 Å². The molecule has 0 radical (unpaired) electrons. The minimum atomic E-state index is 0.0123. The van der Waals surface area contributed by atoms with E-state index in [1.54, 1.807) is 22.7 Å². The maximum absolute atomic E-state index is 12.2. The van der Waals surface area contributed by atoms with Crippen LogP contribution >= 0.6 is 22.7 Å². The second-order valence-electron chi connectivity index (χ2n) is 6.91. The summed E-state index contributed by atoms with van der Waals surface area (Å²) >= 11 is 3.25. The van der Waals surface area contributed by atoms with Crippen LogP contribution in [0.2, 0.25) is 0 Å². The Bertz CT molecular complexity index is 865. The van der Waals surface area contributed by atoms with E-state index in [4.69, 9.17) is 0 Å². The maximum Gasteiger partial charge on any atom is 0.226 e. The molecular formula is C21H23N3OS2. The molecule has 2 aromatic heterocycles. The molecule has 6 heteroatoms. The van der Waals surface area contributed by atoms with E-state index in [2.05, 4.69) is 50.9 Å². The van der Waals surface area contributed by atoms with Gasteiger partial charge in [-0.3, -0.25) is 9.69 Å². The molecule has 140 valence electrons. The van der Waals surface area contributed by atoms with Crippen LogP contribution in [0.15, 0.2) is 46.5 Å². The van der Waals surface area contributed by atoms with Gasteiger partial charge < -0.3 is 5.32 Å². The minimum absolute atomic E-state index is 0.0123. The number of thiazole rings is 1. The number of hydrogen-bond acceptors (Lipinski definition) is 5. The van der Waals surface area contributed by atoms with Crippen molar-refractivity contribution in [3.05, 3.63) is 63.3 Å². The molecule has 3 aromatic rings. The fourth-order valence-corrected chi connectivity index (χ4v) is 4.83. The van der Waals surface area contributed by atoms with Crippen LogP contribution in [-0.4, -0.2) is 28.9 Å². The summed E-state index contributed by atoms with van der Waals surface area (Å²) in [5.74, 6) is 0.0123. The number of nitrogens with zero attached hydrogens (tertiary/aromatic N) is 2. The lowest BCUT2D eigenvalue weighted by atomic mass is 10.1. The average Bonchev–Trinajstić information content (AvgIpc) is 3.43. The third-order valence-electron chi connectivity index (χ3n) is 4.78. The molecular weight excluding hydrogens is 374 g/mol. The highest BCUT2D eigenvalue weighted by Gasteiger charge is 2.12. The zero-order valence-electron chi connectivity index (χ0n) is 15.2. The van der Waals surface area contributed by atoms with Gasteiger partial charge in [0, 0.05) is 29.4 Å². The normalized spacial score (nSPS) is 14.5. The van der Waals surface area contributed by atoms with Gasteiger partial charge in [-0.25, -0.2) is 4.98 Å². The summed E-state index contributed by atoms with van der Waals surface area (Å²) in [6.07, 6.45) is 2.96. The maximum atomic E-state index is 12.2. The summed E-state index contributed by atoms with van der Waals surface area (Å²) in [5, 5.41) is 10.1. The average molecular weight is 398 g/mol. The molecule has 0 saturated carbocycles. The summed E-state index contributed by atoms with van der Waals surface area (Å²) in [5.41, 5.74) is 4.44. The van der Waals surface area contributed by atoms with Crippen molar-refractivity contribution in [3.63, 3.8) is 0 Å². The van der Waals surface area contributed by atoms with E-state index in [1.165, 1.54) is 31.5 Å². The molecule has 3 heterocycles. The Morgan fingerprint density at radius 3 is 2.59 bits per heavy atom. The van der Waals surface area contributed by atoms with Crippen LogP contribution in [0.3, 0.4) is 0 Å². The monoisotopic (exact) mass is 397 g/mol. The summed E-state index contributed by atoms with van der Waals surface area (Å²) in [6, 6.07) is 10.6. The van der Waals surface area contributed by atoms with E-state index < -0.39 is 0 Å². The van der Waals surface area contributed by atoms with Gasteiger partial charge >= 0.3 is 0 Å². The first-order valence-electron chi connectivity index (χ1n) is 9.30. The van der Waals surface area contributed by atoms with Gasteiger partial charge in [-0.15, -0.1) is 11.3 Å². The Labute approximate surface area is 167 Å². The first-order valence-corrected chi connectivity index (χ1v) is 11.1. The molecule has 1 N–H and O–H groups in total. The van der Waals surface area contributed by atoms with Crippen LogP contribution < -0.4 is 5.32 Å². The highest BCUT2D eigenvalue weighted by molar-refractivity contribution is 7.14. The second-order valence-corrected chi connectivity index (χ2v) is 8.55. The van der Waals surface area contributed by atoms with Gasteiger partial charge in [0.1, 0.15) is 5.01 Å². The number of thiophene rings is 1. The molecule has 1 fully saturated rings. The highest BCUT2D eigenvalue weighted by Crippen LogP contribution is 2.25. The molecule has 0 aliphatic carbocycles. The lowest BCUT2D eigenvalue weighted by Crippen LogP contribution is -2.24. The van der Waals surface area contributed by atoms with Crippen molar-refractivity contribution < 1.29 is 4.79 Å². The largest absolute Gasteiger partial charge is 0.352 e. The van der Waals surface area contributed by atoms with Crippen molar-refractivity contribution in [2.75, 3.05) is 13.1 Å².